The van der Waals surface area contributed by atoms with Crippen LogP contribution in [0.5, 0.6) is 0 Å². The molecule has 4 nitrogen and oxygen atoms in total. The number of carboxylic acids is 1. The lowest BCUT2D eigenvalue weighted by molar-refractivity contribution is 0.0689. The maximum atomic E-state index is 10.9. The summed E-state index contributed by atoms with van der Waals surface area (Å²) in [6.45, 7) is 2.20. The lowest BCUT2D eigenvalue weighted by atomic mass is 10.0. The zero-order valence-corrected chi connectivity index (χ0v) is 8.66. The van der Waals surface area contributed by atoms with Gasteiger partial charge in [0.25, 0.3) is 0 Å². The summed E-state index contributed by atoms with van der Waals surface area (Å²) >= 11 is 0. The molecule has 3 rings (SSSR count). The Bertz CT molecular complexity index is 424. The molecule has 1 fully saturated rings. The molecule has 1 aromatic heterocycles. The molecule has 0 radical (unpaired) electrons. The molecule has 0 spiro atoms. The van der Waals surface area contributed by atoms with Gasteiger partial charge in [-0.2, -0.15) is 5.10 Å². The molecule has 0 aliphatic heterocycles. The first-order valence-corrected chi connectivity index (χ1v) is 5.54. The van der Waals surface area contributed by atoms with Gasteiger partial charge in [0, 0.05) is 11.5 Å². The van der Waals surface area contributed by atoms with Crippen LogP contribution in [0.2, 0.25) is 0 Å². The molecule has 0 amide bonds. The van der Waals surface area contributed by atoms with Crippen LogP contribution in [0.25, 0.3) is 0 Å². The molecule has 0 saturated heterocycles. The van der Waals surface area contributed by atoms with Crippen LogP contribution in [0.3, 0.4) is 0 Å². The van der Waals surface area contributed by atoms with Gasteiger partial charge >= 0.3 is 5.97 Å². The number of hydrogen-bond acceptors (Lipinski definition) is 2. The first-order valence-electron chi connectivity index (χ1n) is 5.54. The highest BCUT2D eigenvalue weighted by Gasteiger charge is 2.57. The zero-order valence-electron chi connectivity index (χ0n) is 8.66. The van der Waals surface area contributed by atoms with Crippen LogP contribution in [0.1, 0.15) is 47.4 Å². The van der Waals surface area contributed by atoms with Crippen LogP contribution in [0.4, 0.5) is 0 Å². The summed E-state index contributed by atoms with van der Waals surface area (Å²) in [4.78, 5) is 10.9. The molecule has 4 heteroatoms. The van der Waals surface area contributed by atoms with Gasteiger partial charge in [-0.05, 0) is 24.7 Å². The van der Waals surface area contributed by atoms with Crippen molar-refractivity contribution in [1.29, 1.82) is 0 Å². The second-order valence-electron chi connectivity index (χ2n) is 4.61. The van der Waals surface area contributed by atoms with Gasteiger partial charge in [0.05, 0.1) is 5.69 Å². The number of aromatic nitrogens is 2. The van der Waals surface area contributed by atoms with Crippen LogP contribution in [-0.4, -0.2) is 21.3 Å². The largest absolute Gasteiger partial charge is 0.477 e. The van der Waals surface area contributed by atoms with Crippen molar-refractivity contribution in [3.05, 3.63) is 17.0 Å². The van der Waals surface area contributed by atoms with Crippen molar-refractivity contribution >= 4 is 5.97 Å². The Kier molecular flexibility index (Phi) is 1.69. The van der Waals surface area contributed by atoms with E-state index in [9.17, 15) is 4.79 Å². The van der Waals surface area contributed by atoms with Gasteiger partial charge in [-0.1, -0.05) is 13.3 Å². The van der Waals surface area contributed by atoms with Crippen LogP contribution < -0.4 is 0 Å². The average Bonchev–Trinajstić information content (AvgIpc) is 2.60. The predicted molar refractivity (Wildman–Crippen MR) is 53.9 cm³/mol. The monoisotopic (exact) mass is 206 g/mol. The number of carbonyl (C=O) groups is 1. The molecule has 2 N–H and O–H groups in total. The molecule has 0 aromatic carbocycles. The molecule has 1 aromatic rings. The van der Waals surface area contributed by atoms with Crippen molar-refractivity contribution in [2.24, 2.45) is 11.8 Å². The molecular formula is C11H14N2O2. The highest BCUT2D eigenvalue weighted by Crippen LogP contribution is 2.62. The number of fused-ring (bicyclic) bond motifs is 3. The molecule has 2 aliphatic rings. The Morgan fingerprint density at radius 3 is 3.13 bits per heavy atom. The van der Waals surface area contributed by atoms with Crippen LogP contribution >= 0.6 is 0 Å². The highest BCUT2D eigenvalue weighted by atomic mass is 16.4. The third-order valence-corrected chi connectivity index (χ3v) is 3.82. The third-order valence-electron chi connectivity index (χ3n) is 3.82. The summed E-state index contributed by atoms with van der Waals surface area (Å²) in [7, 11) is 0. The maximum absolute atomic E-state index is 10.9. The molecule has 0 unspecified atom stereocenters. The fourth-order valence-corrected chi connectivity index (χ4v) is 3.13. The van der Waals surface area contributed by atoms with E-state index in [4.69, 9.17) is 5.11 Å². The fraction of sp³-hybridized carbons (Fsp3) is 0.636. The number of rotatable bonds is 3. The van der Waals surface area contributed by atoms with Crippen molar-refractivity contribution in [3.8, 4) is 0 Å². The molecule has 1 saturated carbocycles. The number of carboxylic acid groups (broad SMARTS) is 1. The van der Waals surface area contributed by atoms with Crippen molar-refractivity contribution in [2.45, 2.75) is 32.1 Å². The second-order valence-corrected chi connectivity index (χ2v) is 4.61. The van der Waals surface area contributed by atoms with E-state index in [1.165, 1.54) is 12.8 Å². The third kappa shape index (κ3) is 1.07. The van der Waals surface area contributed by atoms with Crippen molar-refractivity contribution < 1.29 is 9.90 Å². The number of H-pyrrole nitrogens is 1. The van der Waals surface area contributed by atoms with E-state index < -0.39 is 5.97 Å². The molecule has 0 bridgehead atoms. The Morgan fingerprint density at radius 1 is 1.67 bits per heavy atom. The van der Waals surface area contributed by atoms with E-state index in [2.05, 4.69) is 17.1 Å². The Labute approximate surface area is 87.7 Å². The first-order chi connectivity index (χ1) is 7.24. The predicted octanol–water partition coefficient (Wildman–Crippen LogP) is 1.79. The molecule has 1 heterocycles. The first kappa shape index (κ1) is 8.95. The van der Waals surface area contributed by atoms with Gasteiger partial charge in [-0.25, -0.2) is 4.79 Å². The van der Waals surface area contributed by atoms with E-state index in [1.54, 1.807) is 0 Å². The van der Waals surface area contributed by atoms with Gasteiger partial charge in [-0.3, -0.25) is 5.10 Å². The van der Waals surface area contributed by atoms with E-state index in [0.717, 1.165) is 23.6 Å². The molecule has 2 aliphatic carbocycles. The number of hydrogen-bond donors (Lipinski definition) is 2. The minimum atomic E-state index is -0.878. The van der Waals surface area contributed by atoms with E-state index in [-0.39, 0.29) is 0 Å². The van der Waals surface area contributed by atoms with Crippen molar-refractivity contribution in [3.63, 3.8) is 0 Å². The smallest absolute Gasteiger partial charge is 0.354 e. The average molecular weight is 206 g/mol. The number of nitrogens with zero attached hydrogens (tertiary/aromatic N) is 1. The normalized spacial score (nSPS) is 31.1. The Morgan fingerprint density at radius 2 is 2.47 bits per heavy atom. The van der Waals surface area contributed by atoms with E-state index in [1.807, 2.05) is 0 Å². The lowest BCUT2D eigenvalue weighted by Gasteiger charge is -2.00. The van der Waals surface area contributed by atoms with Crippen LogP contribution in [-0.2, 0) is 6.42 Å². The van der Waals surface area contributed by atoms with Crippen LogP contribution in [0.15, 0.2) is 0 Å². The van der Waals surface area contributed by atoms with Crippen molar-refractivity contribution in [1.82, 2.24) is 10.2 Å². The second kappa shape index (κ2) is 2.84. The Balaban J connectivity index is 1.88. The summed E-state index contributed by atoms with van der Waals surface area (Å²) in [5, 5.41) is 15.8. The Hall–Kier alpha value is -1.32. The van der Waals surface area contributed by atoms with Gasteiger partial charge in [0.1, 0.15) is 5.69 Å². The summed E-state index contributed by atoms with van der Waals surface area (Å²) in [6, 6.07) is 0. The lowest BCUT2D eigenvalue weighted by Crippen LogP contribution is -2.02. The van der Waals surface area contributed by atoms with Gasteiger partial charge < -0.3 is 5.11 Å². The standard InChI is InChI=1S/C11H14N2O2/c1-2-3-5-6-4-7-9(8(5)6)12-13-10(7)11(14)15/h5-6,8H,2-4H2,1H3,(H,12,13)(H,14,15)/t5-,6-,8+/m0/s1. The van der Waals surface area contributed by atoms with E-state index >= 15 is 0 Å². The summed E-state index contributed by atoms with van der Waals surface area (Å²) < 4.78 is 0. The number of aromatic carboxylic acids is 1. The van der Waals surface area contributed by atoms with Gasteiger partial charge in [0.2, 0.25) is 0 Å². The highest BCUT2D eigenvalue weighted by molar-refractivity contribution is 5.87. The van der Waals surface area contributed by atoms with Gasteiger partial charge in [0.15, 0.2) is 0 Å². The molecule has 3 atom stereocenters. The molecular weight excluding hydrogens is 192 g/mol. The summed E-state index contributed by atoms with van der Waals surface area (Å²) in [5.74, 6) is 1.14. The van der Waals surface area contributed by atoms with Crippen LogP contribution in [0, 0.1) is 11.8 Å². The summed E-state index contributed by atoms with van der Waals surface area (Å²) in [6.07, 6.45) is 3.38. The maximum Gasteiger partial charge on any atom is 0.354 e. The summed E-state index contributed by atoms with van der Waals surface area (Å²) in [5.41, 5.74) is 2.31. The minimum absolute atomic E-state index is 0.312. The fourth-order valence-electron chi connectivity index (χ4n) is 3.13. The zero-order chi connectivity index (χ0) is 10.6. The molecule has 80 valence electrons. The van der Waals surface area contributed by atoms with E-state index in [0.29, 0.717) is 17.5 Å². The van der Waals surface area contributed by atoms with Crippen molar-refractivity contribution in [2.75, 3.05) is 0 Å². The molecule has 15 heavy (non-hydrogen) atoms. The van der Waals surface area contributed by atoms with Gasteiger partial charge in [-0.15, -0.1) is 0 Å². The number of aromatic amines is 1. The topological polar surface area (TPSA) is 66.0 Å². The number of nitrogens with one attached hydrogen (secondary N) is 1. The SMILES string of the molecule is CCC[C@H]1[C@@H]2Cc3c(n[nH]c3C(=O)O)[C@H]12. The minimum Gasteiger partial charge on any atom is -0.477 e. The quantitative estimate of drug-likeness (QED) is 0.792.